The first-order valence-electron chi connectivity index (χ1n) is 6.78. The molecule has 23 heavy (non-hydrogen) atoms. The molecule has 6 nitrogen and oxygen atoms in total. The van der Waals surface area contributed by atoms with Crippen molar-refractivity contribution in [3.8, 4) is 11.5 Å². The van der Waals surface area contributed by atoms with Crippen molar-refractivity contribution in [2.45, 2.75) is 20.0 Å². The minimum absolute atomic E-state index is 0.199. The molecule has 120 valence electrons. The van der Waals surface area contributed by atoms with E-state index in [-0.39, 0.29) is 16.9 Å². The minimum atomic E-state index is -0.768. The summed E-state index contributed by atoms with van der Waals surface area (Å²) in [7, 11) is 0. The van der Waals surface area contributed by atoms with Gasteiger partial charge in [0.15, 0.2) is 11.5 Å². The third-order valence-corrected chi connectivity index (χ3v) is 2.98. The summed E-state index contributed by atoms with van der Waals surface area (Å²) in [4.78, 5) is 22.7. The summed E-state index contributed by atoms with van der Waals surface area (Å²) >= 11 is 0. The Balaban J connectivity index is 2.55. The van der Waals surface area contributed by atoms with Gasteiger partial charge in [-0.2, -0.15) is 0 Å². The van der Waals surface area contributed by atoms with Gasteiger partial charge in [0.1, 0.15) is 5.82 Å². The molecule has 0 amide bonds. The molecule has 0 unspecified atom stereocenters. The molecule has 0 aromatic heterocycles. The van der Waals surface area contributed by atoms with Crippen molar-refractivity contribution in [3.63, 3.8) is 0 Å². The maximum absolute atomic E-state index is 13.7. The third-order valence-electron chi connectivity index (χ3n) is 2.98. The van der Waals surface area contributed by atoms with E-state index in [4.69, 9.17) is 4.74 Å². The third kappa shape index (κ3) is 3.45. The molecule has 2 rings (SSSR count). The van der Waals surface area contributed by atoms with Crippen molar-refractivity contribution in [1.82, 2.24) is 0 Å². The predicted octanol–water partition coefficient (Wildman–Crippen LogP) is 3.46. The van der Waals surface area contributed by atoms with Gasteiger partial charge in [-0.05, 0) is 32.0 Å². The number of rotatable bonds is 5. The van der Waals surface area contributed by atoms with E-state index in [1.54, 1.807) is 13.8 Å². The summed E-state index contributed by atoms with van der Waals surface area (Å²) in [6, 6.07) is 7.26. The molecule has 1 N–H and O–H groups in total. The fourth-order valence-corrected chi connectivity index (χ4v) is 2.02. The Kier molecular flexibility index (Phi) is 4.59. The molecule has 0 radical (unpaired) electrons. The highest BCUT2D eigenvalue weighted by Gasteiger charge is 2.25. The number of hydrogen-bond donors (Lipinski definition) is 1. The monoisotopic (exact) mass is 319 g/mol. The summed E-state index contributed by atoms with van der Waals surface area (Å²) in [5.41, 5.74) is -0.993. The number of hydrogen-bond acceptors (Lipinski definition) is 5. The highest BCUT2D eigenvalue weighted by molar-refractivity contribution is 6.10. The zero-order valence-electron chi connectivity index (χ0n) is 12.4. The van der Waals surface area contributed by atoms with Crippen molar-refractivity contribution in [1.29, 1.82) is 0 Å². The maximum atomic E-state index is 13.7. The van der Waals surface area contributed by atoms with Gasteiger partial charge in [-0.1, -0.05) is 12.1 Å². The number of ether oxygens (including phenoxy) is 1. The number of carbonyl (C=O) groups is 1. The van der Waals surface area contributed by atoms with E-state index in [1.807, 2.05) is 0 Å². The second kappa shape index (κ2) is 6.43. The molecule has 0 aliphatic rings. The Labute approximate surface area is 131 Å². The summed E-state index contributed by atoms with van der Waals surface area (Å²) in [6.07, 6.45) is -0.410. The fraction of sp³-hybridized carbons (Fsp3) is 0.188. The normalized spacial score (nSPS) is 10.6. The Morgan fingerprint density at radius 2 is 1.96 bits per heavy atom. The van der Waals surface area contributed by atoms with Crippen LogP contribution in [0.25, 0.3) is 0 Å². The zero-order chi connectivity index (χ0) is 17.1. The van der Waals surface area contributed by atoms with Gasteiger partial charge < -0.3 is 9.84 Å². The van der Waals surface area contributed by atoms with Crippen molar-refractivity contribution in [2.24, 2.45) is 0 Å². The molecule has 0 aliphatic heterocycles. The van der Waals surface area contributed by atoms with Crippen LogP contribution in [0.15, 0.2) is 36.4 Å². The molecule has 2 aromatic rings. The van der Waals surface area contributed by atoms with Crippen LogP contribution in [-0.4, -0.2) is 21.9 Å². The molecule has 0 bridgehead atoms. The van der Waals surface area contributed by atoms with Crippen molar-refractivity contribution >= 4 is 11.5 Å². The van der Waals surface area contributed by atoms with E-state index >= 15 is 0 Å². The average Bonchev–Trinajstić information content (AvgIpc) is 2.48. The first-order chi connectivity index (χ1) is 10.8. The lowest BCUT2D eigenvalue weighted by molar-refractivity contribution is -0.386. The van der Waals surface area contributed by atoms with E-state index in [1.165, 1.54) is 18.2 Å². The lowest BCUT2D eigenvalue weighted by Crippen LogP contribution is -2.10. The molecule has 0 spiro atoms. The number of benzene rings is 2. The van der Waals surface area contributed by atoms with E-state index in [2.05, 4.69) is 0 Å². The Hall–Kier alpha value is -2.96. The minimum Gasteiger partial charge on any atom is -0.504 e. The highest BCUT2D eigenvalue weighted by atomic mass is 19.1. The van der Waals surface area contributed by atoms with Gasteiger partial charge in [-0.3, -0.25) is 14.9 Å². The van der Waals surface area contributed by atoms with Gasteiger partial charge in [-0.25, -0.2) is 4.39 Å². The predicted molar refractivity (Wildman–Crippen MR) is 80.4 cm³/mol. The number of halogens is 1. The fourth-order valence-electron chi connectivity index (χ4n) is 2.02. The number of phenols is 1. The molecule has 0 atom stereocenters. The molecule has 0 aliphatic carbocycles. The van der Waals surface area contributed by atoms with Gasteiger partial charge in [-0.15, -0.1) is 0 Å². The summed E-state index contributed by atoms with van der Waals surface area (Å²) < 4.78 is 18.9. The second-order valence-corrected chi connectivity index (χ2v) is 5.08. The molecule has 0 saturated heterocycles. The van der Waals surface area contributed by atoms with Crippen LogP contribution >= 0.6 is 0 Å². The number of phenolic OH excluding ortho intramolecular Hbond substituents is 1. The summed E-state index contributed by atoms with van der Waals surface area (Å²) in [5, 5.41) is 21.1. The quantitative estimate of drug-likeness (QED) is 0.518. The Bertz CT molecular complexity index is 773. The molecule has 0 fully saturated rings. The van der Waals surface area contributed by atoms with E-state index < -0.39 is 34.1 Å². The van der Waals surface area contributed by atoms with E-state index in [9.17, 15) is 24.4 Å². The Morgan fingerprint density at radius 3 is 2.52 bits per heavy atom. The number of carbonyl (C=O) groups excluding carboxylic acids is 1. The number of nitro benzene ring substituents is 1. The molecule has 7 heteroatoms. The van der Waals surface area contributed by atoms with Crippen LogP contribution in [0.3, 0.4) is 0 Å². The smallest absolute Gasteiger partial charge is 0.315 e. The number of ketones is 1. The van der Waals surface area contributed by atoms with Crippen LogP contribution in [0.2, 0.25) is 0 Å². The summed E-state index contributed by atoms with van der Waals surface area (Å²) in [5.74, 6) is -2.39. The second-order valence-electron chi connectivity index (χ2n) is 5.08. The molecule has 0 heterocycles. The van der Waals surface area contributed by atoms with Crippen LogP contribution in [-0.2, 0) is 0 Å². The number of nitrogens with zero attached hydrogens (tertiary/aromatic N) is 1. The Morgan fingerprint density at radius 1 is 1.30 bits per heavy atom. The standard InChI is InChI=1S/C16H14FNO5/c1-9(2)23-16-13(18(21)22)7-10(8-14(16)19)15(20)11-5-3-4-6-12(11)17/h3-9,19H,1-2H3. The van der Waals surface area contributed by atoms with Crippen molar-refractivity contribution < 1.29 is 24.0 Å². The van der Waals surface area contributed by atoms with Crippen LogP contribution < -0.4 is 4.74 Å². The lowest BCUT2D eigenvalue weighted by atomic mass is 10.0. The average molecular weight is 319 g/mol. The maximum Gasteiger partial charge on any atom is 0.315 e. The van der Waals surface area contributed by atoms with Crippen LogP contribution in [0, 0.1) is 15.9 Å². The van der Waals surface area contributed by atoms with Gasteiger partial charge in [0.2, 0.25) is 5.75 Å². The molecule has 0 saturated carbocycles. The first-order valence-corrected chi connectivity index (χ1v) is 6.78. The molecular formula is C16H14FNO5. The van der Waals surface area contributed by atoms with Crippen LogP contribution in [0.4, 0.5) is 10.1 Å². The zero-order valence-corrected chi connectivity index (χ0v) is 12.4. The van der Waals surface area contributed by atoms with Gasteiger partial charge in [0.05, 0.1) is 16.6 Å². The molecular weight excluding hydrogens is 305 g/mol. The van der Waals surface area contributed by atoms with Gasteiger partial charge in [0.25, 0.3) is 0 Å². The van der Waals surface area contributed by atoms with E-state index in [0.717, 1.165) is 18.2 Å². The highest BCUT2D eigenvalue weighted by Crippen LogP contribution is 2.38. The van der Waals surface area contributed by atoms with E-state index in [0.29, 0.717) is 0 Å². The lowest BCUT2D eigenvalue weighted by Gasteiger charge is -2.12. The summed E-state index contributed by atoms with van der Waals surface area (Å²) in [6.45, 7) is 3.28. The van der Waals surface area contributed by atoms with Crippen molar-refractivity contribution in [3.05, 3.63) is 63.5 Å². The largest absolute Gasteiger partial charge is 0.504 e. The topological polar surface area (TPSA) is 89.7 Å². The molecule has 2 aromatic carbocycles. The first kappa shape index (κ1) is 16.4. The SMILES string of the molecule is CC(C)Oc1c(O)cc(C(=O)c2ccccc2F)cc1[N+](=O)[O-]. The van der Waals surface area contributed by atoms with Gasteiger partial charge in [0, 0.05) is 11.6 Å². The number of nitro groups is 1. The van der Waals surface area contributed by atoms with Crippen LogP contribution in [0.5, 0.6) is 11.5 Å². The number of aromatic hydroxyl groups is 1. The van der Waals surface area contributed by atoms with Crippen LogP contribution in [0.1, 0.15) is 29.8 Å². The van der Waals surface area contributed by atoms with Gasteiger partial charge >= 0.3 is 5.69 Å². The van der Waals surface area contributed by atoms with Crippen molar-refractivity contribution in [2.75, 3.05) is 0 Å².